The molecule has 2 N–H and O–H groups in total. The number of rotatable bonds is 3. The number of thiophene rings is 1. The third kappa shape index (κ3) is 2.94. The van der Waals surface area contributed by atoms with Crippen LogP contribution in [0.3, 0.4) is 0 Å². The van der Waals surface area contributed by atoms with Gasteiger partial charge < -0.3 is 5.73 Å². The third-order valence-corrected chi connectivity index (χ3v) is 5.34. The minimum absolute atomic E-state index is 0.579. The molecule has 0 saturated carbocycles. The zero-order valence-corrected chi connectivity index (χ0v) is 14.1. The number of nitrogens with two attached hydrogens (primary N) is 1. The van der Waals surface area contributed by atoms with Crippen LogP contribution in [0.4, 0.5) is 5.82 Å². The second-order valence-corrected chi connectivity index (χ2v) is 7.33. The molecule has 1 aliphatic rings. The van der Waals surface area contributed by atoms with Gasteiger partial charge in [-0.2, -0.15) is 0 Å². The first-order valence-electron chi connectivity index (χ1n) is 8.04. The van der Waals surface area contributed by atoms with Crippen LogP contribution >= 0.6 is 11.3 Å². The van der Waals surface area contributed by atoms with E-state index in [1.165, 1.54) is 36.4 Å². The van der Waals surface area contributed by atoms with Crippen molar-refractivity contribution in [3.05, 3.63) is 40.8 Å². The molecule has 1 fully saturated rings. The fraction of sp³-hybridized carbons (Fsp3) is 0.333. The topological polar surface area (TPSA) is 55.0 Å². The molecular formula is C18H20N4S. The van der Waals surface area contributed by atoms with Gasteiger partial charge >= 0.3 is 0 Å². The maximum Gasteiger partial charge on any atom is 0.163 e. The highest BCUT2D eigenvalue weighted by Crippen LogP contribution is 2.31. The fourth-order valence-corrected chi connectivity index (χ4v) is 4.22. The van der Waals surface area contributed by atoms with Crippen LogP contribution in [0.5, 0.6) is 0 Å². The van der Waals surface area contributed by atoms with E-state index < -0.39 is 0 Å². The average Bonchev–Trinajstić information content (AvgIpc) is 3.17. The highest BCUT2D eigenvalue weighted by atomic mass is 32.1. The van der Waals surface area contributed by atoms with Gasteiger partial charge in [0.25, 0.3) is 0 Å². The minimum atomic E-state index is 0.579. The lowest BCUT2D eigenvalue weighted by atomic mass is 10.1. The predicted octanol–water partition coefficient (Wildman–Crippen LogP) is 3.84. The zero-order valence-electron chi connectivity index (χ0n) is 13.2. The molecule has 1 saturated heterocycles. The second kappa shape index (κ2) is 5.91. The molecule has 0 aliphatic carbocycles. The van der Waals surface area contributed by atoms with E-state index in [-0.39, 0.29) is 0 Å². The van der Waals surface area contributed by atoms with E-state index in [4.69, 9.17) is 10.7 Å². The lowest BCUT2D eigenvalue weighted by Crippen LogP contribution is -2.17. The van der Waals surface area contributed by atoms with Gasteiger partial charge in [0.15, 0.2) is 5.82 Å². The highest BCUT2D eigenvalue weighted by Gasteiger charge is 2.15. The molecule has 3 heterocycles. The quantitative estimate of drug-likeness (QED) is 0.795. The summed E-state index contributed by atoms with van der Waals surface area (Å²) in [6.07, 6.45) is 2.62. The van der Waals surface area contributed by atoms with Crippen LogP contribution in [-0.2, 0) is 6.54 Å². The van der Waals surface area contributed by atoms with Crippen molar-refractivity contribution in [1.82, 2.24) is 14.9 Å². The van der Waals surface area contributed by atoms with Crippen LogP contribution in [-0.4, -0.2) is 28.0 Å². The summed E-state index contributed by atoms with van der Waals surface area (Å²) in [6.45, 7) is 5.47. The van der Waals surface area contributed by atoms with Gasteiger partial charge in [-0.3, -0.25) is 4.90 Å². The molecule has 0 radical (unpaired) electrons. The molecule has 0 amide bonds. The van der Waals surface area contributed by atoms with Gasteiger partial charge in [0.05, 0.1) is 5.39 Å². The molecule has 23 heavy (non-hydrogen) atoms. The fourth-order valence-electron chi connectivity index (χ4n) is 3.15. The van der Waals surface area contributed by atoms with Gasteiger partial charge in [0.2, 0.25) is 0 Å². The normalized spacial score (nSPS) is 15.5. The van der Waals surface area contributed by atoms with Crippen LogP contribution in [0, 0.1) is 6.92 Å². The van der Waals surface area contributed by atoms with E-state index >= 15 is 0 Å². The van der Waals surface area contributed by atoms with E-state index in [0.717, 1.165) is 22.3 Å². The monoisotopic (exact) mass is 324 g/mol. The average molecular weight is 324 g/mol. The first-order chi connectivity index (χ1) is 11.2. The molecule has 3 aromatic rings. The highest BCUT2D eigenvalue weighted by molar-refractivity contribution is 7.18. The van der Waals surface area contributed by atoms with Crippen molar-refractivity contribution in [2.45, 2.75) is 26.3 Å². The summed E-state index contributed by atoms with van der Waals surface area (Å²) in [5, 5.41) is 0.987. The number of anilines is 1. The molecule has 118 valence electrons. The SMILES string of the molecule is Cc1cccc(-c2nc(N)c3cc(CN4CCCC4)sc3n2)c1. The molecule has 0 atom stereocenters. The molecule has 0 spiro atoms. The molecule has 5 heteroatoms. The number of aromatic nitrogens is 2. The Morgan fingerprint density at radius 2 is 2.00 bits per heavy atom. The van der Waals surface area contributed by atoms with E-state index in [2.05, 4.69) is 35.0 Å². The molecule has 4 rings (SSSR count). The lowest BCUT2D eigenvalue weighted by molar-refractivity contribution is 0.334. The van der Waals surface area contributed by atoms with E-state index in [1.807, 2.05) is 12.1 Å². The Balaban J connectivity index is 1.71. The van der Waals surface area contributed by atoms with Crippen molar-refractivity contribution in [2.75, 3.05) is 18.8 Å². The van der Waals surface area contributed by atoms with Gasteiger partial charge in [0, 0.05) is 17.0 Å². The Morgan fingerprint density at radius 3 is 2.78 bits per heavy atom. The number of likely N-dealkylation sites (tertiary alicyclic amines) is 1. The summed E-state index contributed by atoms with van der Waals surface area (Å²) in [5.74, 6) is 1.30. The summed E-state index contributed by atoms with van der Waals surface area (Å²) in [6, 6.07) is 10.4. The number of hydrogen-bond acceptors (Lipinski definition) is 5. The van der Waals surface area contributed by atoms with Crippen molar-refractivity contribution in [3.8, 4) is 11.4 Å². The Bertz CT molecular complexity index is 849. The number of nitrogen functional groups attached to an aromatic ring is 1. The summed E-state index contributed by atoms with van der Waals surface area (Å²) >= 11 is 1.74. The van der Waals surface area contributed by atoms with Crippen molar-refractivity contribution in [2.24, 2.45) is 0 Å². The van der Waals surface area contributed by atoms with E-state index in [9.17, 15) is 0 Å². The number of aryl methyl sites for hydroxylation is 1. The Morgan fingerprint density at radius 1 is 1.17 bits per heavy atom. The third-order valence-electron chi connectivity index (χ3n) is 4.33. The summed E-state index contributed by atoms with van der Waals surface area (Å²) in [7, 11) is 0. The predicted molar refractivity (Wildman–Crippen MR) is 96.5 cm³/mol. The minimum Gasteiger partial charge on any atom is -0.383 e. The van der Waals surface area contributed by atoms with Crippen molar-refractivity contribution in [3.63, 3.8) is 0 Å². The second-order valence-electron chi connectivity index (χ2n) is 6.22. The molecule has 1 aromatic carbocycles. The largest absolute Gasteiger partial charge is 0.383 e. The van der Waals surface area contributed by atoms with Gasteiger partial charge in [-0.1, -0.05) is 23.8 Å². The number of hydrogen-bond donors (Lipinski definition) is 1. The molecule has 2 aromatic heterocycles. The van der Waals surface area contributed by atoms with Crippen molar-refractivity contribution >= 4 is 27.4 Å². The van der Waals surface area contributed by atoms with E-state index in [0.29, 0.717) is 11.6 Å². The van der Waals surface area contributed by atoms with Crippen molar-refractivity contribution in [1.29, 1.82) is 0 Å². The van der Waals surface area contributed by atoms with Crippen LogP contribution < -0.4 is 5.73 Å². The van der Waals surface area contributed by atoms with Gasteiger partial charge in [0.1, 0.15) is 10.6 Å². The van der Waals surface area contributed by atoms with Gasteiger partial charge in [-0.25, -0.2) is 9.97 Å². The number of benzene rings is 1. The molecule has 1 aliphatic heterocycles. The molecule has 0 unspecified atom stereocenters. The van der Waals surface area contributed by atoms with Crippen LogP contribution in [0.2, 0.25) is 0 Å². The Labute approximate surface area is 140 Å². The van der Waals surface area contributed by atoms with Gasteiger partial charge in [-0.05, 0) is 45.0 Å². The lowest BCUT2D eigenvalue weighted by Gasteiger charge is -2.11. The first-order valence-corrected chi connectivity index (χ1v) is 8.86. The Kier molecular flexibility index (Phi) is 3.75. The van der Waals surface area contributed by atoms with E-state index in [1.54, 1.807) is 11.3 Å². The standard InChI is InChI=1S/C18H20N4S/c1-12-5-4-6-13(9-12)17-20-16(19)15-10-14(23-18(15)21-17)11-22-7-2-3-8-22/h4-6,9-10H,2-3,7-8,11H2,1H3,(H2,19,20,21). The van der Waals surface area contributed by atoms with Gasteiger partial charge in [-0.15, -0.1) is 11.3 Å². The molecule has 4 nitrogen and oxygen atoms in total. The Hall–Kier alpha value is -1.98. The maximum atomic E-state index is 6.20. The zero-order chi connectivity index (χ0) is 15.8. The molecule has 0 bridgehead atoms. The maximum absolute atomic E-state index is 6.20. The van der Waals surface area contributed by atoms with Crippen LogP contribution in [0.25, 0.3) is 21.6 Å². The van der Waals surface area contributed by atoms with Crippen LogP contribution in [0.1, 0.15) is 23.3 Å². The first kappa shape index (κ1) is 14.6. The summed E-state index contributed by atoms with van der Waals surface area (Å²) in [5.41, 5.74) is 8.42. The summed E-state index contributed by atoms with van der Waals surface area (Å²) in [4.78, 5) is 14.1. The molecular weight excluding hydrogens is 304 g/mol. The number of fused-ring (bicyclic) bond motifs is 1. The van der Waals surface area contributed by atoms with Crippen LogP contribution in [0.15, 0.2) is 30.3 Å². The van der Waals surface area contributed by atoms with Crippen molar-refractivity contribution < 1.29 is 0 Å². The summed E-state index contributed by atoms with van der Waals surface area (Å²) < 4.78 is 0. The smallest absolute Gasteiger partial charge is 0.163 e. The number of nitrogens with zero attached hydrogens (tertiary/aromatic N) is 3.